The highest BCUT2D eigenvalue weighted by molar-refractivity contribution is 14.1. The molecule has 1 aromatic carbocycles. The van der Waals surface area contributed by atoms with Crippen LogP contribution in [0, 0.1) is 3.57 Å². The SMILES string of the molecule is Ic1ccc(N(CC2CO2)CC2CO2)cc1. The molecule has 0 N–H and O–H groups in total. The van der Waals surface area contributed by atoms with Crippen molar-refractivity contribution in [3.8, 4) is 0 Å². The van der Waals surface area contributed by atoms with Gasteiger partial charge in [0.15, 0.2) is 0 Å². The molecule has 2 fully saturated rings. The summed E-state index contributed by atoms with van der Waals surface area (Å²) in [5.41, 5.74) is 1.27. The molecule has 0 saturated carbocycles. The zero-order chi connectivity index (χ0) is 11.0. The van der Waals surface area contributed by atoms with Crippen LogP contribution in [0.2, 0.25) is 0 Å². The van der Waals surface area contributed by atoms with E-state index in [4.69, 9.17) is 9.47 Å². The third-order valence-electron chi connectivity index (χ3n) is 2.84. The summed E-state index contributed by atoms with van der Waals surface area (Å²) in [6.45, 7) is 3.79. The number of nitrogens with zero attached hydrogens (tertiary/aromatic N) is 1. The molecular weight excluding hydrogens is 317 g/mol. The molecule has 2 aliphatic rings. The Labute approximate surface area is 109 Å². The number of halogens is 1. The van der Waals surface area contributed by atoms with E-state index in [9.17, 15) is 0 Å². The molecule has 0 spiro atoms. The van der Waals surface area contributed by atoms with Crippen LogP contribution < -0.4 is 4.90 Å². The van der Waals surface area contributed by atoms with Gasteiger partial charge in [0.05, 0.1) is 25.4 Å². The van der Waals surface area contributed by atoms with Gasteiger partial charge in [-0.3, -0.25) is 0 Å². The van der Waals surface area contributed by atoms with Gasteiger partial charge in [0.1, 0.15) is 0 Å². The van der Waals surface area contributed by atoms with Crippen molar-refractivity contribution in [3.63, 3.8) is 0 Å². The molecule has 0 bridgehead atoms. The lowest BCUT2D eigenvalue weighted by Gasteiger charge is -2.23. The summed E-state index contributed by atoms with van der Waals surface area (Å²) in [5, 5.41) is 0. The lowest BCUT2D eigenvalue weighted by Crippen LogP contribution is -2.31. The highest BCUT2D eigenvalue weighted by atomic mass is 127. The van der Waals surface area contributed by atoms with Crippen LogP contribution in [0.4, 0.5) is 5.69 Å². The summed E-state index contributed by atoms with van der Waals surface area (Å²) in [4.78, 5) is 2.37. The summed E-state index contributed by atoms with van der Waals surface area (Å²) >= 11 is 2.33. The van der Waals surface area contributed by atoms with Gasteiger partial charge in [-0.1, -0.05) is 0 Å². The summed E-state index contributed by atoms with van der Waals surface area (Å²) in [6, 6.07) is 8.63. The summed E-state index contributed by atoms with van der Waals surface area (Å²) < 4.78 is 11.9. The number of epoxide rings is 2. The molecule has 2 heterocycles. The molecule has 2 saturated heterocycles. The van der Waals surface area contributed by atoms with Crippen molar-refractivity contribution >= 4 is 28.3 Å². The first kappa shape index (κ1) is 10.8. The zero-order valence-electron chi connectivity index (χ0n) is 8.93. The van der Waals surface area contributed by atoms with Gasteiger partial charge in [-0.05, 0) is 46.9 Å². The van der Waals surface area contributed by atoms with Crippen molar-refractivity contribution in [3.05, 3.63) is 27.8 Å². The van der Waals surface area contributed by atoms with Crippen molar-refractivity contribution in [2.45, 2.75) is 12.2 Å². The molecule has 2 atom stereocenters. The van der Waals surface area contributed by atoms with Crippen LogP contribution in [-0.2, 0) is 9.47 Å². The van der Waals surface area contributed by atoms with Gasteiger partial charge in [-0.25, -0.2) is 0 Å². The third kappa shape index (κ3) is 2.87. The lowest BCUT2D eigenvalue weighted by molar-refractivity contribution is 0.389. The second-order valence-corrected chi connectivity index (χ2v) is 5.54. The molecule has 0 aliphatic carbocycles. The standard InChI is InChI=1S/C12H14INO2/c13-9-1-3-10(4-2-9)14(5-11-7-15-11)6-12-8-16-12/h1-4,11-12H,5-8H2. The smallest absolute Gasteiger partial charge is 0.0984 e. The summed E-state index contributed by atoms with van der Waals surface area (Å²) in [6.07, 6.45) is 0.857. The van der Waals surface area contributed by atoms with E-state index < -0.39 is 0 Å². The number of ether oxygens (including phenoxy) is 2. The maximum atomic E-state index is 5.30. The van der Waals surface area contributed by atoms with E-state index >= 15 is 0 Å². The van der Waals surface area contributed by atoms with Gasteiger partial charge in [0, 0.05) is 22.3 Å². The molecule has 4 heteroatoms. The van der Waals surface area contributed by atoms with Crippen LogP contribution in [0.25, 0.3) is 0 Å². The van der Waals surface area contributed by atoms with Crippen LogP contribution >= 0.6 is 22.6 Å². The molecule has 0 radical (unpaired) electrons. The fourth-order valence-corrected chi connectivity index (χ4v) is 2.14. The monoisotopic (exact) mass is 331 g/mol. The lowest BCUT2D eigenvalue weighted by atomic mass is 10.2. The van der Waals surface area contributed by atoms with E-state index in [0.717, 1.165) is 26.3 Å². The molecule has 2 aliphatic heterocycles. The Bertz CT molecular complexity index is 346. The number of benzene rings is 1. The van der Waals surface area contributed by atoms with Crippen LogP contribution in [-0.4, -0.2) is 38.5 Å². The largest absolute Gasteiger partial charge is 0.371 e. The quantitative estimate of drug-likeness (QED) is 0.609. The van der Waals surface area contributed by atoms with E-state index in [1.807, 2.05) is 0 Å². The van der Waals surface area contributed by atoms with E-state index in [-0.39, 0.29) is 0 Å². The first-order chi connectivity index (χ1) is 7.81. The molecule has 2 unspecified atom stereocenters. The van der Waals surface area contributed by atoms with Crippen molar-refractivity contribution in [2.24, 2.45) is 0 Å². The van der Waals surface area contributed by atoms with E-state index in [2.05, 4.69) is 51.8 Å². The highest BCUT2D eigenvalue weighted by Crippen LogP contribution is 2.23. The second kappa shape index (κ2) is 4.50. The average Bonchev–Trinajstić information content (AvgIpc) is 3.12. The minimum Gasteiger partial charge on any atom is -0.371 e. The van der Waals surface area contributed by atoms with Gasteiger partial charge >= 0.3 is 0 Å². The average molecular weight is 331 g/mol. The van der Waals surface area contributed by atoms with E-state index in [1.54, 1.807) is 0 Å². The zero-order valence-corrected chi connectivity index (χ0v) is 11.1. The molecule has 1 aromatic rings. The van der Waals surface area contributed by atoms with Crippen LogP contribution in [0.15, 0.2) is 24.3 Å². The van der Waals surface area contributed by atoms with Gasteiger partial charge in [0.2, 0.25) is 0 Å². The Hall–Kier alpha value is -0.330. The van der Waals surface area contributed by atoms with Crippen molar-refractivity contribution in [1.29, 1.82) is 0 Å². The molecule has 16 heavy (non-hydrogen) atoms. The fraction of sp³-hybridized carbons (Fsp3) is 0.500. The van der Waals surface area contributed by atoms with Gasteiger partial charge < -0.3 is 14.4 Å². The predicted molar refractivity (Wildman–Crippen MR) is 70.9 cm³/mol. The molecule has 0 amide bonds. The Morgan fingerprint density at radius 1 is 1.06 bits per heavy atom. The topological polar surface area (TPSA) is 28.3 Å². The molecular formula is C12H14INO2. The van der Waals surface area contributed by atoms with Gasteiger partial charge in [0.25, 0.3) is 0 Å². The predicted octanol–water partition coefficient (Wildman–Crippen LogP) is 1.90. The molecule has 86 valence electrons. The number of hydrogen-bond acceptors (Lipinski definition) is 3. The second-order valence-electron chi connectivity index (χ2n) is 4.29. The maximum Gasteiger partial charge on any atom is 0.0984 e. The van der Waals surface area contributed by atoms with Crippen molar-refractivity contribution in [1.82, 2.24) is 0 Å². The van der Waals surface area contributed by atoms with Gasteiger partial charge in [-0.2, -0.15) is 0 Å². The number of hydrogen-bond donors (Lipinski definition) is 0. The van der Waals surface area contributed by atoms with Crippen molar-refractivity contribution in [2.75, 3.05) is 31.2 Å². The Morgan fingerprint density at radius 3 is 2.00 bits per heavy atom. The van der Waals surface area contributed by atoms with E-state index in [1.165, 1.54) is 9.26 Å². The van der Waals surface area contributed by atoms with Crippen LogP contribution in [0.5, 0.6) is 0 Å². The summed E-state index contributed by atoms with van der Waals surface area (Å²) in [7, 11) is 0. The third-order valence-corrected chi connectivity index (χ3v) is 3.56. The minimum absolute atomic E-state index is 0.429. The normalized spacial score (nSPS) is 26.6. The Kier molecular flexibility index (Phi) is 3.04. The number of rotatable bonds is 5. The van der Waals surface area contributed by atoms with Gasteiger partial charge in [-0.15, -0.1) is 0 Å². The Morgan fingerprint density at radius 2 is 1.56 bits per heavy atom. The fourth-order valence-electron chi connectivity index (χ4n) is 1.78. The maximum absolute atomic E-state index is 5.30. The summed E-state index contributed by atoms with van der Waals surface area (Å²) in [5.74, 6) is 0. The molecule has 0 aromatic heterocycles. The first-order valence-corrected chi connectivity index (χ1v) is 6.63. The minimum atomic E-state index is 0.429. The van der Waals surface area contributed by atoms with Crippen LogP contribution in [0.1, 0.15) is 0 Å². The van der Waals surface area contributed by atoms with Crippen LogP contribution in [0.3, 0.4) is 0 Å². The molecule has 3 nitrogen and oxygen atoms in total. The highest BCUT2D eigenvalue weighted by Gasteiger charge is 2.30. The number of anilines is 1. The Balaban J connectivity index is 1.71. The van der Waals surface area contributed by atoms with Crippen molar-refractivity contribution < 1.29 is 9.47 Å². The first-order valence-electron chi connectivity index (χ1n) is 5.55. The van der Waals surface area contributed by atoms with E-state index in [0.29, 0.717) is 12.2 Å². The molecule has 3 rings (SSSR count).